The van der Waals surface area contributed by atoms with E-state index in [-0.39, 0.29) is 12.5 Å². The fourth-order valence-corrected chi connectivity index (χ4v) is 1.05. The van der Waals surface area contributed by atoms with Gasteiger partial charge in [-0.2, -0.15) is 5.10 Å². The number of hydrogen-bond donors (Lipinski definition) is 2. The van der Waals surface area contributed by atoms with Gasteiger partial charge < -0.3 is 10.4 Å². The van der Waals surface area contributed by atoms with Gasteiger partial charge in [0.05, 0.1) is 6.20 Å². The third-order valence-corrected chi connectivity index (χ3v) is 1.79. The van der Waals surface area contributed by atoms with Crippen molar-refractivity contribution in [1.29, 1.82) is 0 Å². The topological polar surface area (TPSA) is 67.2 Å². The predicted molar refractivity (Wildman–Crippen MR) is 57.0 cm³/mol. The molecule has 1 rings (SSSR count). The summed E-state index contributed by atoms with van der Waals surface area (Å²) in [5, 5.41) is 15.1. The molecule has 1 aromatic heterocycles. The average molecular weight is 209 g/mol. The lowest BCUT2D eigenvalue weighted by molar-refractivity contribution is -0.116. The summed E-state index contributed by atoms with van der Waals surface area (Å²) in [5.41, 5.74) is 0.884. The largest absolute Gasteiger partial charge is 0.396 e. The summed E-state index contributed by atoms with van der Waals surface area (Å²) in [5.74, 6) is -0.160. The number of nitrogens with zero attached hydrogens (tertiary/aromatic N) is 2. The molecule has 0 aromatic carbocycles. The molecule has 0 radical (unpaired) electrons. The van der Waals surface area contributed by atoms with Crippen molar-refractivity contribution >= 4 is 12.0 Å². The van der Waals surface area contributed by atoms with Crippen LogP contribution in [0.4, 0.5) is 0 Å². The van der Waals surface area contributed by atoms with E-state index in [4.69, 9.17) is 5.11 Å². The van der Waals surface area contributed by atoms with E-state index < -0.39 is 0 Å². The summed E-state index contributed by atoms with van der Waals surface area (Å²) in [7, 11) is 1.82. The maximum Gasteiger partial charge on any atom is 0.244 e. The molecule has 1 amide bonds. The predicted octanol–water partition coefficient (Wildman–Crippen LogP) is -0.0681. The van der Waals surface area contributed by atoms with E-state index in [0.29, 0.717) is 13.0 Å². The maximum atomic E-state index is 11.2. The Hall–Kier alpha value is -1.62. The maximum absolute atomic E-state index is 11.2. The number of aliphatic hydroxyl groups excluding tert-OH is 1. The Morgan fingerprint density at radius 2 is 2.53 bits per heavy atom. The Morgan fingerprint density at radius 1 is 1.73 bits per heavy atom. The quantitative estimate of drug-likeness (QED) is 0.527. The van der Waals surface area contributed by atoms with E-state index in [2.05, 4.69) is 10.4 Å². The van der Waals surface area contributed by atoms with Crippen molar-refractivity contribution < 1.29 is 9.90 Å². The highest BCUT2D eigenvalue weighted by Gasteiger charge is 1.95. The zero-order valence-electron chi connectivity index (χ0n) is 8.68. The molecule has 0 bridgehead atoms. The van der Waals surface area contributed by atoms with Crippen molar-refractivity contribution in [3.63, 3.8) is 0 Å². The van der Waals surface area contributed by atoms with Crippen molar-refractivity contribution in [2.45, 2.75) is 6.42 Å². The van der Waals surface area contributed by atoms with Crippen molar-refractivity contribution in [2.75, 3.05) is 13.2 Å². The SMILES string of the molecule is Cn1cc(/C=C/C(=O)NCCCO)cn1. The molecule has 0 saturated heterocycles. The van der Waals surface area contributed by atoms with E-state index in [9.17, 15) is 4.79 Å². The normalized spacial score (nSPS) is 10.8. The van der Waals surface area contributed by atoms with Crippen molar-refractivity contribution in [2.24, 2.45) is 7.05 Å². The van der Waals surface area contributed by atoms with Crippen LogP contribution in [0, 0.1) is 0 Å². The summed E-state index contributed by atoms with van der Waals surface area (Å²) in [4.78, 5) is 11.2. The van der Waals surface area contributed by atoms with Crippen LogP contribution in [0.1, 0.15) is 12.0 Å². The Kier molecular flexibility index (Phi) is 4.56. The minimum atomic E-state index is -0.160. The number of amides is 1. The van der Waals surface area contributed by atoms with Gasteiger partial charge in [-0.05, 0) is 12.5 Å². The minimum Gasteiger partial charge on any atom is -0.396 e. The molecular weight excluding hydrogens is 194 g/mol. The van der Waals surface area contributed by atoms with Crippen LogP contribution in [0.5, 0.6) is 0 Å². The lowest BCUT2D eigenvalue weighted by Gasteiger charge is -1.98. The number of aromatic nitrogens is 2. The van der Waals surface area contributed by atoms with Gasteiger partial charge in [0.15, 0.2) is 0 Å². The molecule has 5 nitrogen and oxygen atoms in total. The first-order chi connectivity index (χ1) is 7.22. The molecule has 1 heterocycles. The molecule has 82 valence electrons. The number of nitrogens with one attached hydrogen (secondary N) is 1. The van der Waals surface area contributed by atoms with Crippen LogP contribution in [0.25, 0.3) is 6.08 Å². The Bertz CT molecular complexity index is 344. The van der Waals surface area contributed by atoms with E-state index in [1.54, 1.807) is 17.0 Å². The van der Waals surface area contributed by atoms with Crippen LogP contribution in [-0.2, 0) is 11.8 Å². The van der Waals surface area contributed by atoms with Crippen LogP contribution in [-0.4, -0.2) is 33.9 Å². The van der Waals surface area contributed by atoms with Crippen molar-refractivity contribution in [3.05, 3.63) is 24.0 Å². The molecule has 0 aliphatic heterocycles. The smallest absolute Gasteiger partial charge is 0.244 e. The number of hydrogen-bond acceptors (Lipinski definition) is 3. The first-order valence-electron chi connectivity index (χ1n) is 4.78. The first-order valence-corrected chi connectivity index (χ1v) is 4.78. The second kappa shape index (κ2) is 5.98. The van der Waals surface area contributed by atoms with Crippen LogP contribution in [0.3, 0.4) is 0 Å². The molecule has 0 unspecified atom stereocenters. The van der Waals surface area contributed by atoms with E-state index in [0.717, 1.165) is 5.56 Å². The van der Waals surface area contributed by atoms with Crippen molar-refractivity contribution in [3.8, 4) is 0 Å². The molecular formula is C10H15N3O2. The average Bonchev–Trinajstić information content (AvgIpc) is 2.62. The van der Waals surface area contributed by atoms with Crippen LogP contribution >= 0.6 is 0 Å². The number of aryl methyl sites for hydroxylation is 1. The van der Waals surface area contributed by atoms with Crippen molar-refractivity contribution in [1.82, 2.24) is 15.1 Å². The van der Waals surface area contributed by atoms with Gasteiger partial charge in [0.1, 0.15) is 0 Å². The lowest BCUT2D eigenvalue weighted by Crippen LogP contribution is -2.22. The molecule has 0 aliphatic rings. The minimum absolute atomic E-state index is 0.0899. The third-order valence-electron chi connectivity index (χ3n) is 1.79. The van der Waals surface area contributed by atoms with Gasteiger partial charge in [-0.1, -0.05) is 0 Å². The fourth-order valence-electron chi connectivity index (χ4n) is 1.05. The highest BCUT2D eigenvalue weighted by Crippen LogP contribution is 1.98. The zero-order valence-corrected chi connectivity index (χ0v) is 8.68. The van der Waals surface area contributed by atoms with E-state index in [1.165, 1.54) is 6.08 Å². The van der Waals surface area contributed by atoms with Gasteiger partial charge in [-0.3, -0.25) is 9.48 Å². The summed E-state index contributed by atoms with van der Waals surface area (Å²) in [6.45, 7) is 0.583. The monoisotopic (exact) mass is 209 g/mol. The molecule has 1 aromatic rings. The van der Waals surface area contributed by atoms with Crippen LogP contribution in [0.15, 0.2) is 18.5 Å². The molecule has 0 spiro atoms. The van der Waals surface area contributed by atoms with E-state index >= 15 is 0 Å². The van der Waals surface area contributed by atoms with Gasteiger partial charge in [-0.25, -0.2) is 0 Å². The molecule has 15 heavy (non-hydrogen) atoms. The number of aliphatic hydroxyl groups is 1. The highest BCUT2D eigenvalue weighted by molar-refractivity contribution is 5.91. The number of rotatable bonds is 5. The molecule has 2 N–H and O–H groups in total. The van der Waals surface area contributed by atoms with E-state index in [1.807, 2.05) is 13.2 Å². The zero-order chi connectivity index (χ0) is 11.1. The number of carbonyl (C=O) groups is 1. The van der Waals surface area contributed by atoms with Gasteiger partial charge in [-0.15, -0.1) is 0 Å². The molecule has 5 heteroatoms. The lowest BCUT2D eigenvalue weighted by atomic mass is 10.3. The Balaban J connectivity index is 2.34. The van der Waals surface area contributed by atoms with Gasteiger partial charge >= 0.3 is 0 Å². The fraction of sp³-hybridized carbons (Fsp3) is 0.400. The summed E-state index contributed by atoms with van der Waals surface area (Å²) in [6.07, 6.45) is 7.22. The molecule has 0 aliphatic carbocycles. The molecule has 0 saturated carbocycles. The Labute approximate surface area is 88.4 Å². The second-order valence-electron chi connectivity index (χ2n) is 3.15. The number of carbonyl (C=O) groups excluding carboxylic acids is 1. The summed E-state index contributed by atoms with van der Waals surface area (Å²) in [6, 6.07) is 0. The first kappa shape index (κ1) is 11.5. The van der Waals surface area contributed by atoms with Gasteiger partial charge in [0.25, 0.3) is 0 Å². The molecule has 0 atom stereocenters. The summed E-state index contributed by atoms with van der Waals surface area (Å²) < 4.78 is 1.67. The van der Waals surface area contributed by atoms with Gasteiger partial charge in [0.2, 0.25) is 5.91 Å². The van der Waals surface area contributed by atoms with Crippen LogP contribution in [0.2, 0.25) is 0 Å². The molecule has 0 fully saturated rings. The highest BCUT2D eigenvalue weighted by atomic mass is 16.3. The van der Waals surface area contributed by atoms with Crippen LogP contribution < -0.4 is 5.32 Å². The van der Waals surface area contributed by atoms with Gasteiger partial charge in [0, 0.05) is 38.0 Å². The Morgan fingerprint density at radius 3 is 3.13 bits per heavy atom. The summed E-state index contributed by atoms with van der Waals surface area (Å²) >= 11 is 0. The standard InChI is InChI=1S/C10H15N3O2/c1-13-8-9(7-12-13)3-4-10(15)11-5-2-6-14/h3-4,7-8,14H,2,5-6H2,1H3,(H,11,15)/b4-3+. The second-order valence-corrected chi connectivity index (χ2v) is 3.15. The third kappa shape index (κ3) is 4.42.